The molecule has 0 aliphatic heterocycles. The number of rotatable bonds is 4. The molecule has 1 amide bonds. The Bertz CT molecular complexity index is 569. The van der Waals surface area contributed by atoms with Crippen LogP contribution in [0.4, 0.5) is 14.5 Å². The Morgan fingerprint density at radius 1 is 1.26 bits per heavy atom. The van der Waals surface area contributed by atoms with E-state index >= 15 is 0 Å². The van der Waals surface area contributed by atoms with Gasteiger partial charge >= 0.3 is 6.61 Å². The Morgan fingerprint density at radius 3 is 2.47 bits per heavy atom. The van der Waals surface area contributed by atoms with Gasteiger partial charge in [0.2, 0.25) is 5.22 Å². The fourth-order valence-electron chi connectivity index (χ4n) is 1.37. The lowest BCUT2D eigenvalue weighted by atomic mass is 10.2. The van der Waals surface area contributed by atoms with Crippen molar-refractivity contribution in [2.75, 3.05) is 5.32 Å². The van der Waals surface area contributed by atoms with Crippen molar-refractivity contribution in [1.82, 2.24) is 0 Å². The summed E-state index contributed by atoms with van der Waals surface area (Å²) in [4.78, 5) is 11.8. The predicted octanol–water partition coefficient (Wildman–Crippen LogP) is 3.79. The maximum atomic E-state index is 11.9. The van der Waals surface area contributed by atoms with Crippen LogP contribution in [0.2, 0.25) is 5.22 Å². The van der Waals surface area contributed by atoms with E-state index in [4.69, 9.17) is 16.0 Å². The quantitative estimate of drug-likeness (QED) is 0.931. The van der Waals surface area contributed by atoms with Crippen molar-refractivity contribution in [2.24, 2.45) is 0 Å². The van der Waals surface area contributed by atoms with E-state index in [1.807, 2.05) is 0 Å². The zero-order chi connectivity index (χ0) is 13.8. The number of nitrogens with one attached hydrogen (secondary N) is 1. The van der Waals surface area contributed by atoms with E-state index in [-0.39, 0.29) is 16.5 Å². The minimum atomic E-state index is -2.88. The van der Waals surface area contributed by atoms with Crippen molar-refractivity contribution >= 4 is 23.2 Å². The number of hydrogen-bond donors (Lipinski definition) is 1. The third-order valence-electron chi connectivity index (χ3n) is 2.20. The molecule has 0 saturated heterocycles. The van der Waals surface area contributed by atoms with Crippen LogP contribution in [0.5, 0.6) is 5.75 Å². The molecular formula is C12H8ClF2NO3. The van der Waals surface area contributed by atoms with Gasteiger partial charge in [0.25, 0.3) is 5.91 Å². The number of carbonyl (C=O) groups is 1. The highest BCUT2D eigenvalue weighted by Gasteiger charge is 2.13. The van der Waals surface area contributed by atoms with Crippen molar-refractivity contribution in [3.05, 3.63) is 47.4 Å². The number of amides is 1. The molecule has 0 fully saturated rings. The van der Waals surface area contributed by atoms with Gasteiger partial charge in [-0.2, -0.15) is 8.78 Å². The summed E-state index contributed by atoms with van der Waals surface area (Å²) in [5.74, 6) is -0.448. The Hall–Kier alpha value is -2.08. The molecule has 0 unspecified atom stereocenters. The lowest BCUT2D eigenvalue weighted by Crippen LogP contribution is -2.11. The average Bonchev–Trinajstić information content (AvgIpc) is 2.77. The second-order valence-corrected chi connectivity index (χ2v) is 3.81. The Morgan fingerprint density at radius 2 is 1.95 bits per heavy atom. The van der Waals surface area contributed by atoms with Gasteiger partial charge < -0.3 is 14.5 Å². The number of halogens is 3. The highest BCUT2D eigenvalue weighted by Crippen LogP contribution is 2.21. The highest BCUT2D eigenvalue weighted by atomic mass is 35.5. The van der Waals surface area contributed by atoms with E-state index < -0.39 is 12.5 Å². The van der Waals surface area contributed by atoms with Gasteiger partial charge in [0.05, 0.1) is 11.8 Å². The minimum absolute atomic E-state index is 0.00865. The van der Waals surface area contributed by atoms with Crippen LogP contribution in [0.1, 0.15) is 10.4 Å². The topological polar surface area (TPSA) is 51.5 Å². The molecule has 0 aliphatic rings. The SMILES string of the molecule is O=C(Nc1ccc(OC(F)F)cc1)c1ccoc1Cl. The third kappa shape index (κ3) is 3.45. The van der Waals surface area contributed by atoms with Crippen LogP contribution in [0.3, 0.4) is 0 Å². The van der Waals surface area contributed by atoms with Crippen LogP contribution in [-0.2, 0) is 0 Å². The van der Waals surface area contributed by atoms with Gasteiger partial charge in [-0.3, -0.25) is 4.79 Å². The number of furan rings is 1. The van der Waals surface area contributed by atoms with E-state index in [0.29, 0.717) is 5.69 Å². The van der Waals surface area contributed by atoms with E-state index in [1.165, 1.54) is 36.6 Å². The van der Waals surface area contributed by atoms with Crippen molar-refractivity contribution in [3.8, 4) is 5.75 Å². The fraction of sp³-hybridized carbons (Fsp3) is 0.0833. The van der Waals surface area contributed by atoms with E-state index in [0.717, 1.165) is 0 Å². The third-order valence-corrected chi connectivity index (χ3v) is 2.49. The van der Waals surface area contributed by atoms with Gasteiger partial charge in [-0.05, 0) is 41.9 Å². The zero-order valence-electron chi connectivity index (χ0n) is 9.40. The predicted molar refractivity (Wildman–Crippen MR) is 64.7 cm³/mol. The maximum Gasteiger partial charge on any atom is 0.387 e. The largest absolute Gasteiger partial charge is 0.452 e. The molecule has 0 radical (unpaired) electrons. The monoisotopic (exact) mass is 287 g/mol. The molecule has 1 heterocycles. The summed E-state index contributed by atoms with van der Waals surface area (Å²) < 4.78 is 32.9. The number of hydrogen-bond acceptors (Lipinski definition) is 3. The summed E-state index contributed by atoms with van der Waals surface area (Å²) in [5, 5.41) is 2.52. The summed E-state index contributed by atoms with van der Waals surface area (Å²) in [7, 11) is 0. The van der Waals surface area contributed by atoms with Gasteiger partial charge in [-0.1, -0.05) is 0 Å². The summed E-state index contributed by atoms with van der Waals surface area (Å²) in [5.41, 5.74) is 0.610. The molecule has 0 bridgehead atoms. The summed E-state index contributed by atoms with van der Waals surface area (Å²) in [6.07, 6.45) is 1.29. The zero-order valence-corrected chi connectivity index (χ0v) is 10.2. The van der Waals surface area contributed by atoms with Crippen LogP contribution in [0.25, 0.3) is 0 Å². The highest BCUT2D eigenvalue weighted by molar-refractivity contribution is 6.32. The van der Waals surface area contributed by atoms with Crippen LogP contribution >= 0.6 is 11.6 Å². The van der Waals surface area contributed by atoms with Gasteiger partial charge in [-0.15, -0.1) is 0 Å². The Kier molecular flexibility index (Phi) is 4.01. The van der Waals surface area contributed by atoms with Crippen molar-refractivity contribution < 1.29 is 22.7 Å². The number of carbonyl (C=O) groups excluding carboxylic acids is 1. The molecule has 7 heteroatoms. The molecule has 0 spiro atoms. The molecule has 19 heavy (non-hydrogen) atoms. The number of alkyl halides is 2. The maximum absolute atomic E-state index is 11.9. The molecule has 100 valence electrons. The minimum Gasteiger partial charge on any atom is -0.452 e. The van der Waals surface area contributed by atoms with E-state index in [2.05, 4.69) is 10.1 Å². The fourth-order valence-corrected chi connectivity index (χ4v) is 1.57. The molecule has 0 aliphatic carbocycles. The molecule has 4 nitrogen and oxygen atoms in total. The van der Waals surface area contributed by atoms with Crippen LogP contribution in [0.15, 0.2) is 41.0 Å². The summed E-state index contributed by atoms with van der Waals surface area (Å²) >= 11 is 5.65. The van der Waals surface area contributed by atoms with Crippen LogP contribution in [0, 0.1) is 0 Å². The van der Waals surface area contributed by atoms with E-state index in [1.54, 1.807) is 0 Å². The molecule has 1 aromatic carbocycles. The van der Waals surface area contributed by atoms with Crippen molar-refractivity contribution in [1.29, 1.82) is 0 Å². The number of anilines is 1. The molecule has 1 aromatic heterocycles. The van der Waals surface area contributed by atoms with Crippen molar-refractivity contribution in [3.63, 3.8) is 0 Å². The lowest BCUT2D eigenvalue weighted by Gasteiger charge is -2.06. The lowest BCUT2D eigenvalue weighted by molar-refractivity contribution is -0.0498. The van der Waals surface area contributed by atoms with Gasteiger partial charge in [0.15, 0.2) is 0 Å². The Balaban J connectivity index is 2.04. The summed E-state index contributed by atoms with van der Waals surface area (Å²) in [6.45, 7) is -2.88. The van der Waals surface area contributed by atoms with Gasteiger partial charge in [-0.25, -0.2) is 0 Å². The summed E-state index contributed by atoms with van der Waals surface area (Å²) in [6, 6.07) is 6.93. The van der Waals surface area contributed by atoms with Gasteiger partial charge in [0.1, 0.15) is 5.75 Å². The normalized spacial score (nSPS) is 10.5. The molecule has 0 saturated carbocycles. The second kappa shape index (κ2) is 5.71. The molecule has 2 rings (SSSR count). The smallest absolute Gasteiger partial charge is 0.387 e. The van der Waals surface area contributed by atoms with E-state index in [9.17, 15) is 13.6 Å². The molecule has 1 N–H and O–H groups in total. The van der Waals surface area contributed by atoms with Crippen LogP contribution in [-0.4, -0.2) is 12.5 Å². The standard InChI is InChI=1S/C12H8ClF2NO3/c13-10-9(5-6-18-10)11(17)16-7-1-3-8(4-2-7)19-12(14)15/h1-6,12H,(H,16,17). The number of benzene rings is 1. The molecule has 2 aromatic rings. The second-order valence-electron chi connectivity index (χ2n) is 3.46. The first-order valence-corrected chi connectivity index (χ1v) is 5.53. The molecule has 0 atom stereocenters. The van der Waals surface area contributed by atoms with Crippen LogP contribution < -0.4 is 10.1 Å². The average molecular weight is 288 g/mol. The number of ether oxygens (including phenoxy) is 1. The van der Waals surface area contributed by atoms with Gasteiger partial charge in [0, 0.05) is 5.69 Å². The first-order chi connectivity index (χ1) is 9.06. The molecular weight excluding hydrogens is 280 g/mol. The first kappa shape index (κ1) is 13.4. The Labute approximate surface area is 111 Å². The first-order valence-electron chi connectivity index (χ1n) is 5.15. The van der Waals surface area contributed by atoms with Crippen molar-refractivity contribution in [2.45, 2.75) is 6.61 Å².